The third kappa shape index (κ3) is 4.64. The summed E-state index contributed by atoms with van der Waals surface area (Å²) in [7, 11) is 1.83. The number of alkyl halides is 3. The summed E-state index contributed by atoms with van der Waals surface area (Å²) in [6.07, 6.45) is -1.21. The van der Waals surface area contributed by atoms with Gasteiger partial charge in [-0.2, -0.15) is 23.3 Å². The quantitative estimate of drug-likeness (QED) is 0.575. The standard InChI is InChI=1S/C21H24F3N7O2/c1-11(2)17-19(32)28-16-12(3)27-20(29-18(16)30(17)4)25-7-13-8-26-31(9-13)10-14-5-6-15(33-14)21(22,23)24/h5-6,8-9,11,17H,7,10H2,1-4H3,(H,28,32)(H,25,27,29)/t17-/m0/s1. The minimum absolute atomic E-state index is 0.0750. The number of aromatic nitrogens is 4. The Bertz CT molecular complexity index is 1170. The molecule has 176 valence electrons. The van der Waals surface area contributed by atoms with Crippen molar-refractivity contribution in [3.63, 3.8) is 0 Å². The van der Waals surface area contributed by atoms with Gasteiger partial charge in [-0.1, -0.05) is 13.8 Å². The van der Waals surface area contributed by atoms with E-state index in [9.17, 15) is 18.0 Å². The number of hydrogen-bond donors (Lipinski definition) is 2. The molecule has 1 aliphatic rings. The van der Waals surface area contributed by atoms with Gasteiger partial charge in [0.25, 0.3) is 0 Å². The Kier molecular flexibility index (Phi) is 5.76. The number of halogens is 3. The van der Waals surface area contributed by atoms with Gasteiger partial charge < -0.3 is 20.0 Å². The van der Waals surface area contributed by atoms with E-state index in [2.05, 4.69) is 25.7 Å². The number of aryl methyl sites for hydroxylation is 1. The molecule has 0 saturated carbocycles. The van der Waals surface area contributed by atoms with Gasteiger partial charge in [0.05, 0.1) is 18.4 Å². The maximum atomic E-state index is 12.7. The zero-order valence-corrected chi connectivity index (χ0v) is 18.6. The van der Waals surface area contributed by atoms with Crippen molar-refractivity contribution in [1.82, 2.24) is 19.7 Å². The van der Waals surface area contributed by atoms with Crippen LogP contribution in [0.1, 0.15) is 36.6 Å². The van der Waals surface area contributed by atoms with Crippen molar-refractivity contribution in [3.8, 4) is 0 Å². The zero-order chi connectivity index (χ0) is 23.9. The molecule has 4 heterocycles. The van der Waals surface area contributed by atoms with Crippen LogP contribution in [0.4, 0.5) is 30.6 Å². The monoisotopic (exact) mass is 463 g/mol. The molecule has 12 heteroatoms. The smallest absolute Gasteiger partial charge is 0.449 e. The molecule has 0 saturated heterocycles. The van der Waals surface area contributed by atoms with Crippen LogP contribution < -0.4 is 15.5 Å². The molecule has 1 amide bonds. The first-order valence-corrected chi connectivity index (χ1v) is 10.4. The van der Waals surface area contributed by atoms with Crippen LogP contribution in [0.2, 0.25) is 0 Å². The molecule has 4 rings (SSSR count). The molecule has 0 aliphatic carbocycles. The van der Waals surface area contributed by atoms with Gasteiger partial charge in [-0.3, -0.25) is 9.48 Å². The van der Waals surface area contributed by atoms with Crippen LogP contribution in [0.3, 0.4) is 0 Å². The van der Waals surface area contributed by atoms with E-state index >= 15 is 0 Å². The van der Waals surface area contributed by atoms with Crippen LogP contribution in [0, 0.1) is 12.8 Å². The second-order valence-corrected chi connectivity index (χ2v) is 8.28. The number of likely N-dealkylation sites (N-methyl/N-ethyl adjacent to an activating group) is 1. The van der Waals surface area contributed by atoms with Gasteiger partial charge in [-0.25, -0.2) is 4.98 Å². The fraction of sp³-hybridized carbons (Fsp3) is 0.429. The van der Waals surface area contributed by atoms with Crippen molar-refractivity contribution < 1.29 is 22.4 Å². The third-order valence-corrected chi connectivity index (χ3v) is 5.37. The number of fused-ring (bicyclic) bond motifs is 1. The van der Waals surface area contributed by atoms with Gasteiger partial charge in [0.1, 0.15) is 17.5 Å². The Hall–Kier alpha value is -3.57. The van der Waals surface area contributed by atoms with Crippen molar-refractivity contribution in [2.75, 3.05) is 22.6 Å². The highest BCUT2D eigenvalue weighted by atomic mass is 19.4. The lowest BCUT2D eigenvalue weighted by atomic mass is 9.99. The van der Waals surface area contributed by atoms with Crippen LogP contribution in [0.25, 0.3) is 0 Å². The van der Waals surface area contributed by atoms with Crippen LogP contribution in [-0.4, -0.2) is 38.7 Å². The summed E-state index contributed by atoms with van der Waals surface area (Å²) in [5.41, 5.74) is 2.02. The Labute approximate surface area is 188 Å². The second-order valence-electron chi connectivity index (χ2n) is 8.28. The van der Waals surface area contributed by atoms with Crippen LogP contribution in [-0.2, 0) is 24.1 Å². The van der Waals surface area contributed by atoms with E-state index in [1.807, 2.05) is 25.8 Å². The maximum Gasteiger partial charge on any atom is 0.449 e. The highest BCUT2D eigenvalue weighted by molar-refractivity contribution is 6.03. The molecule has 0 fully saturated rings. The van der Waals surface area contributed by atoms with E-state index in [4.69, 9.17) is 4.42 Å². The average Bonchev–Trinajstić information content (AvgIpc) is 3.37. The number of hydrogen-bond acceptors (Lipinski definition) is 7. The molecule has 1 atom stereocenters. The maximum absolute atomic E-state index is 12.7. The summed E-state index contributed by atoms with van der Waals surface area (Å²) in [5.74, 6) is 0.166. The molecule has 33 heavy (non-hydrogen) atoms. The number of rotatable bonds is 6. The minimum Gasteiger partial charge on any atom is -0.455 e. The normalized spacial score (nSPS) is 16.2. The molecule has 9 nitrogen and oxygen atoms in total. The summed E-state index contributed by atoms with van der Waals surface area (Å²) >= 11 is 0. The van der Waals surface area contributed by atoms with Crippen molar-refractivity contribution in [2.24, 2.45) is 5.92 Å². The lowest BCUT2D eigenvalue weighted by Gasteiger charge is -2.36. The number of nitrogens with one attached hydrogen (secondary N) is 2. The molecule has 3 aromatic rings. The zero-order valence-electron chi connectivity index (χ0n) is 18.6. The van der Waals surface area contributed by atoms with Gasteiger partial charge in [0.15, 0.2) is 5.82 Å². The summed E-state index contributed by atoms with van der Waals surface area (Å²) in [6.45, 7) is 6.18. The van der Waals surface area contributed by atoms with E-state index in [1.54, 1.807) is 19.3 Å². The average molecular weight is 463 g/mol. The number of anilines is 3. The van der Waals surface area contributed by atoms with Gasteiger partial charge in [0.2, 0.25) is 17.6 Å². The number of carbonyl (C=O) groups is 1. The Morgan fingerprint density at radius 2 is 2.03 bits per heavy atom. The van der Waals surface area contributed by atoms with E-state index in [0.29, 0.717) is 29.7 Å². The lowest BCUT2D eigenvalue weighted by molar-refractivity contribution is -0.153. The van der Waals surface area contributed by atoms with Crippen molar-refractivity contribution in [2.45, 2.75) is 46.1 Å². The molecule has 2 N–H and O–H groups in total. The SMILES string of the molecule is Cc1nc(NCc2cnn(Cc3ccc(C(F)(F)F)o3)c2)nc2c1NC(=O)[C@H](C(C)C)N2C. The van der Waals surface area contributed by atoms with E-state index in [0.717, 1.165) is 11.6 Å². The van der Waals surface area contributed by atoms with Gasteiger partial charge in [-0.05, 0) is 25.0 Å². The van der Waals surface area contributed by atoms with Crippen molar-refractivity contribution in [3.05, 3.63) is 47.3 Å². The van der Waals surface area contributed by atoms with E-state index in [1.165, 1.54) is 10.7 Å². The fourth-order valence-electron chi connectivity index (χ4n) is 3.83. The lowest BCUT2D eigenvalue weighted by Crippen LogP contribution is -2.49. The van der Waals surface area contributed by atoms with E-state index < -0.39 is 11.9 Å². The molecule has 0 unspecified atom stereocenters. The first-order chi connectivity index (χ1) is 15.5. The van der Waals surface area contributed by atoms with Crippen molar-refractivity contribution in [1.29, 1.82) is 0 Å². The number of furan rings is 1. The second kappa shape index (κ2) is 8.41. The molecule has 0 aromatic carbocycles. The van der Waals surface area contributed by atoms with Gasteiger partial charge >= 0.3 is 6.18 Å². The Morgan fingerprint density at radius 3 is 2.70 bits per heavy atom. The van der Waals surface area contributed by atoms with Crippen LogP contribution in [0.15, 0.2) is 28.9 Å². The first kappa shape index (κ1) is 22.6. The summed E-state index contributed by atoms with van der Waals surface area (Å²) in [6, 6.07) is 1.85. The topological polar surface area (TPSA) is 101 Å². The van der Waals surface area contributed by atoms with E-state index in [-0.39, 0.29) is 30.2 Å². The largest absolute Gasteiger partial charge is 0.455 e. The molecule has 0 bridgehead atoms. The number of amides is 1. The first-order valence-electron chi connectivity index (χ1n) is 10.4. The molecule has 0 spiro atoms. The summed E-state index contributed by atoms with van der Waals surface area (Å²) < 4.78 is 44.4. The summed E-state index contributed by atoms with van der Waals surface area (Å²) in [5, 5.41) is 10.2. The molecular formula is C21H24F3N7O2. The van der Waals surface area contributed by atoms with Crippen LogP contribution in [0.5, 0.6) is 0 Å². The Morgan fingerprint density at radius 1 is 1.27 bits per heavy atom. The molecule has 1 aliphatic heterocycles. The van der Waals surface area contributed by atoms with Gasteiger partial charge in [0, 0.05) is 25.4 Å². The molecular weight excluding hydrogens is 439 g/mol. The molecule has 0 radical (unpaired) electrons. The summed E-state index contributed by atoms with van der Waals surface area (Å²) in [4.78, 5) is 23.3. The van der Waals surface area contributed by atoms with Crippen molar-refractivity contribution >= 4 is 23.4 Å². The third-order valence-electron chi connectivity index (χ3n) is 5.37. The Balaban J connectivity index is 1.44. The van der Waals surface area contributed by atoms with Crippen LogP contribution >= 0.6 is 0 Å². The predicted molar refractivity (Wildman–Crippen MR) is 115 cm³/mol. The number of carbonyl (C=O) groups excluding carboxylic acids is 1. The minimum atomic E-state index is -4.52. The highest BCUT2D eigenvalue weighted by Crippen LogP contribution is 2.34. The highest BCUT2D eigenvalue weighted by Gasteiger charge is 2.36. The predicted octanol–water partition coefficient (Wildman–Crippen LogP) is 3.67. The fourth-order valence-corrected chi connectivity index (χ4v) is 3.83. The molecule has 3 aromatic heterocycles. The number of nitrogens with zero attached hydrogens (tertiary/aromatic N) is 5. The van der Waals surface area contributed by atoms with Gasteiger partial charge in [-0.15, -0.1) is 0 Å².